The van der Waals surface area contributed by atoms with Crippen LogP contribution in [-0.2, 0) is 26.3 Å². The topological polar surface area (TPSA) is 76.1 Å². The van der Waals surface area contributed by atoms with Crippen molar-refractivity contribution in [2.75, 3.05) is 20.3 Å². The number of aliphatic hydroxyl groups excluding tert-OH is 1. The van der Waals surface area contributed by atoms with Gasteiger partial charge in [0.2, 0.25) is 0 Å². The second-order valence-electron chi connectivity index (χ2n) is 11.0. The van der Waals surface area contributed by atoms with E-state index >= 15 is 0 Å². The van der Waals surface area contributed by atoms with Gasteiger partial charge in [0.15, 0.2) is 0 Å². The van der Waals surface area contributed by atoms with Crippen LogP contribution in [-0.4, -0.2) is 42.0 Å². The molecule has 0 radical (unpaired) electrons. The summed E-state index contributed by atoms with van der Waals surface area (Å²) in [4.78, 5) is 27.9. The lowest BCUT2D eigenvalue weighted by Crippen LogP contribution is -2.31. The van der Waals surface area contributed by atoms with Gasteiger partial charge in [-0.2, -0.15) is 0 Å². The Balaban J connectivity index is 1.65. The smallest absolute Gasteiger partial charge is 0.295 e. The van der Waals surface area contributed by atoms with Gasteiger partial charge in [-0.25, -0.2) is 0 Å². The molecule has 0 aliphatic carbocycles. The molecule has 3 aromatic rings. The SMILES string of the molecule is COCCCN1C(=O)C(=O)C(=C(O)c2ccc(OCc3cccc(C)c3)cc2)[C@H]1c1ccc(C(C)(C)C)cc1. The van der Waals surface area contributed by atoms with E-state index in [1.807, 2.05) is 49.4 Å². The maximum Gasteiger partial charge on any atom is 0.295 e. The molecule has 1 heterocycles. The highest BCUT2D eigenvalue weighted by molar-refractivity contribution is 6.46. The van der Waals surface area contributed by atoms with Crippen molar-refractivity contribution in [1.82, 2.24) is 4.90 Å². The molecule has 6 heteroatoms. The predicted molar refractivity (Wildman–Crippen MR) is 153 cm³/mol. The molecule has 1 N–H and O–H groups in total. The van der Waals surface area contributed by atoms with E-state index in [0.29, 0.717) is 37.5 Å². The number of ether oxygens (including phenoxy) is 2. The van der Waals surface area contributed by atoms with Gasteiger partial charge in [-0.3, -0.25) is 9.59 Å². The minimum absolute atomic E-state index is 0.0397. The molecule has 1 saturated heterocycles. The molecule has 0 unspecified atom stereocenters. The molecule has 6 nitrogen and oxygen atoms in total. The summed E-state index contributed by atoms with van der Waals surface area (Å²) in [5.74, 6) is -0.856. The van der Waals surface area contributed by atoms with Crippen molar-refractivity contribution in [1.29, 1.82) is 0 Å². The number of aliphatic hydroxyl groups is 1. The summed E-state index contributed by atoms with van der Waals surface area (Å²) in [5, 5.41) is 11.4. The zero-order valence-electron chi connectivity index (χ0n) is 23.4. The van der Waals surface area contributed by atoms with Crippen molar-refractivity contribution in [3.8, 4) is 5.75 Å². The average molecular weight is 528 g/mol. The van der Waals surface area contributed by atoms with Crippen LogP contribution in [0.1, 0.15) is 61.1 Å². The van der Waals surface area contributed by atoms with Crippen molar-refractivity contribution in [3.05, 3.63) is 106 Å². The van der Waals surface area contributed by atoms with Gasteiger partial charge in [0.05, 0.1) is 11.6 Å². The number of hydrogen-bond donors (Lipinski definition) is 1. The summed E-state index contributed by atoms with van der Waals surface area (Å²) in [6, 6.07) is 22.3. The number of benzene rings is 3. The Morgan fingerprint density at radius 3 is 2.28 bits per heavy atom. The van der Waals surface area contributed by atoms with Gasteiger partial charge in [0.1, 0.15) is 18.1 Å². The van der Waals surface area contributed by atoms with Gasteiger partial charge in [0, 0.05) is 25.8 Å². The van der Waals surface area contributed by atoms with E-state index in [1.54, 1.807) is 36.3 Å². The van der Waals surface area contributed by atoms with Crippen LogP contribution in [0.3, 0.4) is 0 Å². The fourth-order valence-corrected chi connectivity index (χ4v) is 4.83. The Hall–Kier alpha value is -3.90. The number of methoxy groups -OCH3 is 1. The molecular weight excluding hydrogens is 490 g/mol. The highest BCUT2D eigenvalue weighted by Gasteiger charge is 2.45. The number of hydrogen-bond acceptors (Lipinski definition) is 5. The number of carbonyl (C=O) groups excluding carboxylic acids is 2. The number of amides is 1. The summed E-state index contributed by atoms with van der Waals surface area (Å²) >= 11 is 0. The third-order valence-electron chi connectivity index (χ3n) is 7.00. The lowest BCUT2D eigenvalue weighted by Gasteiger charge is -2.26. The van der Waals surface area contributed by atoms with E-state index < -0.39 is 17.7 Å². The van der Waals surface area contributed by atoms with Crippen LogP contribution in [0, 0.1) is 6.92 Å². The van der Waals surface area contributed by atoms with E-state index in [-0.39, 0.29) is 16.7 Å². The standard InChI is InChI=1S/C33H37NO5/c1-22-8-6-9-23(20-22)21-39-27-16-12-25(13-17-27)30(35)28-29(24-10-14-26(15-11-24)33(2,3)4)34(18-7-19-38-5)32(37)31(28)36/h6,8-17,20,29,35H,7,18-19,21H2,1-5H3/t29-/m1/s1. The molecule has 0 aromatic heterocycles. The van der Waals surface area contributed by atoms with Crippen LogP contribution < -0.4 is 4.74 Å². The summed E-state index contributed by atoms with van der Waals surface area (Å²) in [5.41, 5.74) is 4.65. The quantitative estimate of drug-likeness (QED) is 0.152. The second kappa shape index (κ2) is 11.9. The molecular formula is C33H37NO5. The third kappa shape index (κ3) is 6.40. The first-order chi connectivity index (χ1) is 18.6. The first kappa shape index (κ1) is 28.1. The molecule has 3 aromatic carbocycles. The lowest BCUT2D eigenvalue weighted by molar-refractivity contribution is -0.140. The van der Waals surface area contributed by atoms with Gasteiger partial charge in [-0.1, -0.05) is 74.9 Å². The largest absolute Gasteiger partial charge is 0.507 e. The number of Topliss-reactive ketones (excluding diaryl/α,β-unsaturated/α-hetero) is 1. The van der Waals surface area contributed by atoms with Crippen molar-refractivity contribution in [2.24, 2.45) is 0 Å². The monoisotopic (exact) mass is 527 g/mol. The summed E-state index contributed by atoms with van der Waals surface area (Å²) < 4.78 is 11.1. The molecule has 0 saturated carbocycles. The Morgan fingerprint density at radius 1 is 0.974 bits per heavy atom. The summed E-state index contributed by atoms with van der Waals surface area (Å²) in [6.07, 6.45) is 0.576. The van der Waals surface area contributed by atoms with Crippen LogP contribution in [0.4, 0.5) is 0 Å². The Kier molecular flexibility index (Phi) is 8.56. The molecule has 1 aliphatic heterocycles. The molecule has 1 amide bonds. The van der Waals surface area contributed by atoms with Crippen LogP contribution in [0.2, 0.25) is 0 Å². The summed E-state index contributed by atoms with van der Waals surface area (Å²) in [7, 11) is 1.60. The van der Waals surface area contributed by atoms with Gasteiger partial charge < -0.3 is 19.5 Å². The maximum atomic E-state index is 13.3. The van der Waals surface area contributed by atoms with Crippen molar-refractivity contribution >= 4 is 17.4 Å². The fraction of sp³-hybridized carbons (Fsp3) is 0.333. The summed E-state index contributed by atoms with van der Waals surface area (Å²) in [6.45, 7) is 9.65. The molecule has 204 valence electrons. The zero-order valence-corrected chi connectivity index (χ0v) is 23.4. The Morgan fingerprint density at radius 2 is 1.67 bits per heavy atom. The molecule has 1 aliphatic rings. The maximum absolute atomic E-state index is 13.3. The zero-order chi connectivity index (χ0) is 28.2. The number of ketones is 1. The Labute approximate surface area is 230 Å². The highest BCUT2D eigenvalue weighted by atomic mass is 16.5. The van der Waals surface area contributed by atoms with Crippen LogP contribution in [0.15, 0.2) is 78.4 Å². The van der Waals surface area contributed by atoms with Gasteiger partial charge in [-0.15, -0.1) is 0 Å². The van der Waals surface area contributed by atoms with Crippen LogP contribution >= 0.6 is 0 Å². The molecule has 4 rings (SSSR count). The lowest BCUT2D eigenvalue weighted by atomic mass is 9.85. The number of likely N-dealkylation sites (tertiary alicyclic amines) is 1. The first-order valence-electron chi connectivity index (χ1n) is 13.3. The van der Waals surface area contributed by atoms with E-state index in [2.05, 4.69) is 26.8 Å². The fourth-order valence-electron chi connectivity index (χ4n) is 4.83. The van der Waals surface area contributed by atoms with E-state index in [9.17, 15) is 14.7 Å². The van der Waals surface area contributed by atoms with E-state index in [4.69, 9.17) is 9.47 Å². The molecule has 1 atom stereocenters. The van der Waals surface area contributed by atoms with Crippen molar-refractivity contribution in [2.45, 2.75) is 52.2 Å². The van der Waals surface area contributed by atoms with Crippen molar-refractivity contribution < 1.29 is 24.2 Å². The van der Waals surface area contributed by atoms with Gasteiger partial charge >= 0.3 is 0 Å². The minimum atomic E-state index is -0.687. The number of carbonyl (C=O) groups is 2. The molecule has 0 spiro atoms. The van der Waals surface area contributed by atoms with Crippen LogP contribution in [0.25, 0.3) is 5.76 Å². The first-order valence-corrected chi connectivity index (χ1v) is 13.3. The Bertz CT molecular complexity index is 1350. The number of rotatable bonds is 9. The normalized spacial score (nSPS) is 17.1. The molecule has 39 heavy (non-hydrogen) atoms. The van der Waals surface area contributed by atoms with E-state index in [0.717, 1.165) is 22.3 Å². The molecule has 0 bridgehead atoms. The van der Waals surface area contributed by atoms with Gasteiger partial charge in [0.25, 0.3) is 11.7 Å². The van der Waals surface area contributed by atoms with Gasteiger partial charge in [-0.05, 0) is 59.7 Å². The van der Waals surface area contributed by atoms with E-state index in [1.165, 1.54) is 0 Å². The molecule has 1 fully saturated rings. The van der Waals surface area contributed by atoms with Crippen molar-refractivity contribution in [3.63, 3.8) is 0 Å². The number of aryl methyl sites for hydroxylation is 1. The average Bonchev–Trinajstić information content (AvgIpc) is 3.16. The second-order valence-corrected chi connectivity index (χ2v) is 11.0. The minimum Gasteiger partial charge on any atom is -0.507 e. The predicted octanol–water partition coefficient (Wildman–Crippen LogP) is 6.33. The highest BCUT2D eigenvalue weighted by Crippen LogP contribution is 2.40. The third-order valence-corrected chi connectivity index (χ3v) is 7.00. The number of nitrogens with zero attached hydrogens (tertiary/aromatic N) is 1. The van der Waals surface area contributed by atoms with Crippen LogP contribution in [0.5, 0.6) is 5.75 Å².